The predicted octanol–water partition coefficient (Wildman–Crippen LogP) is 3.62. The van der Waals surface area contributed by atoms with Crippen LogP contribution in [-0.2, 0) is 0 Å². The van der Waals surface area contributed by atoms with Gasteiger partial charge in [-0.25, -0.2) is 0 Å². The highest BCUT2D eigenvalue weighted by Gasteiger charge is 2.31. The Morgan fingerprint density at radius 2 is 2.10 bits per heavy atom. The summed E-state index contributed by atoms with van der Waals surface area (Å²) >= 11 is 7.74. The van der Waals surface area contributed by atoms with Gasteiger partial charge in [0, 0.05) is 35.3 Å². The summed E-state index contributed by atoms with van der Waals surface area (Å²) < 4.78 is 0. The number of hydrogen-bond acceptors (Lipinski definition) is 3. The van der Waals surface area contributed by atoms with Crippen LogP contribution in [0.4, 0.5) is 0 Å². The quantitative estimate of drug-likeness (QED) is 0.849. The molecule has 3 rings (SSSR count). The Hall–Kier alpha value is -1.52. The van der Waals surface area contributed by atoms with Gasteiger partial charge in [-0.05, 0) is 35.9 Å². The smallest absolute Gasteiger partial charge is 0.255 e. The lowest BCUT2D eigenvalue weighted by Gasteiger charge is -2.24. The summed E-state index contributed by atoms with van der Waals surface area (Å²) in [5, 5.41) is 0.646. The fourth-order valence-electron chi connectivity index (χ4n) is 2.27. The average molecular weight is 305 g/mol. The maximum absolute atomic E-state index is 12.6. The van der Waals surface area contributed by atoms with Crippen molar-refractivity contribution in [2.75, 3.05) is 12.3 Å². The van der Waals surface area contributed by atoms with Crippen molar-refractivity contribution in [2.45, 2.75) is 5.37 Å². The molecule has 1 saturated heterocycles. The highest BCUT2D eigenvalue weighted by molar-refractivity contribution is 7.99. The molecule has 0 N–H and O–H groups in total. The third kappa shape index (κ3) is 2.67. The van der Waals surface area contributed by atoms with Gasteiger partial charge in [0.05, 0.1) is 0 Å². The number of thioether (sulfide) groups is 1. The first-order chi connectivity index (χ1) is 9.75. The van der Waals surface area contributed by atoms with Crippen LogP contribution in [0, 0.1) is 0 Å². The molecule has 1 amide bonds. The lowest BCUT2D eigenvalue weighted by Crippen LogP contribution is -2.30. The highest BCUT2D eigenvalue weighted by Crippen LogP contribution is 2.38. The summed E-state index contributed by atoms with van der Waals surface area (Å²) in [6.07, 6.45) is 3.52. The van der Waals surface area contributed by atoms with Gasteiger partial charge in [-0.2, -0.15) is 0 Å². The van der Waals surface area contributed by atoms with E-state index >= 15 is 0 Å². The third-order valence-corrected chi connectivity index (χ3v) is 4.71. The molecule has 102 valence electrons. The molecule has 0 aliphatic carbocycles. The van der Waals surface area contributed by atoms with Gasteiger partial charge in [-0.3, -0.25) is 9.78 Å². The minimum Gasteiger partial charge on any atom is -0.322 e. The van der Waals surface area contributed by atoms with E-state index in [1.807, 2.05) is 17.0 Å². The number of carbonyl (C=O) groups excluding carboxylic acids is 1. The maximum Gasteiger partial charge on any atom is 0.255 e. The zero-order chi connectivity index (χ0) is 13.9. The molecule has 1 atom stereocenters. The van der Waals surface area contributed by atoms with Crippen molar-refractivity contribution >= 4 is 29.3 Å². The van der Waals surface area contributed by atoms with Crippen molar-refractivity contribution in [1.82, 2.24) is 9.88 Å². The normalized spacial score (nSPS) is 18.2. The Morgan fingerprint density at radius 3 is 2.85 bits per heavy atom. The van der Waals surface area contributed by atoms with Gasteiger partial charge < -0.3 is 4.90 Å². The first-order valence-corrected chi connectivity index (χ1v) is 7.76. The van der Waals surface area contributed by atoms with Crippen LogP contribution in [0.25, 0.3) is 0 Å². The predicted molar refractivity (Wildman–Crippen MR) is 81.9 cm³/mol. The van der Waals surface area contributed by atoms with Gasteiger partial charge in [0.15, 0.2) is 0 Å². The van der Waals surface area contributed by atoms with Crippen LogP contribution in [0.2, 0.25) is 5.02 Å². The monoisotopic (exact) mass is 304 g/mol. The van der Waals surface area contributed by atoms with E-state index in [2.05, 4.69) is 4.98 Å². The van der Waals surface area contributed by atoms with E-state index in [1.54, 1.807) is 48.4 Å². The Morgan fingerprint density at radius 1 is 1.30 bits per heavy atom. The van der Waals surface area contributed by atoms with Gasteiger partial charge in [-0.15, -0.1) is 11.8 Å². The van der Waals surface area contributed by atoms with Crippen molar-refractivity contribution in [3.63, 3.8) is 0 Å². The summed E-state index contributed by atoms with van der Waals surface area (Å²) in [7, 11) is 0. The van der Waals surface area contributed by atoms with E-state index < -0.39 is 0 Å². The number of amides is 1. The van der Waals surface area contributed by atoms with Crippen molar-refractivity contribution in [3.05, 3.63) is 64.9 Å². The summed E-state index contributed by atoms with van der Waals surface area (Å²) in [5.74, 6) is 0.971. The number of halogens is 1. The molecule has 0 unspecified atom stereocenters. The number of rotatable bonds is 2. The van der Waals surface area contributed by atoms with Crippen molar-refractivity contribution in [1.29, 1.82) is 0 Å². The second-order valence-corrected chi connectivity index (χ2v) is 6.14. The molecule has 0 bridgehead atoms. The maximum atomic E-state index is 12.6. The molecule has 0 radical (unpaired) electrons. The summed E-state index contributed by atoms with van der Waals surface area (Å²) in [6, 6.07) is 11.0. The van der Waals surface area contributed by atoms with E-state index in [4.69, 9.17) is 11.6 Å². The van der Waals surface area contributed by atoms with Gasteiger partial charge in [0.2, 0.25) is 0 Å². The van der Waals surface area contributed by atoms with Crippen LogP contribution in [0.5, 0.6) is 0 Å². The molecule has 0 spiro atoms. The largest absolute Gasteiger partial charge is 0.322 e. The topological polar surface area (TPSA) is 33.2 Å². The molecular formula is C15H13ClN2OS. The molecule has 1 aliphatic heterocycles. The van der Waals surface area contributed by atoms with E-state index in [0.29, 0.717) is 10.6 Å². The third-order valence-electron chi connectivity index (χ3n) is 3.21. The van der Waals surface area contributed by atoms with Gasteiger partial charge in [0.1, 0.15) is 5.37 Å². The van der Waals surface area contributed by atoms with Crippen LogP contribution >= 0.6 is 23.4 Å². The van der Waals surface area contributed by atoms with Gasteiger partial charge in [-0.1, -0.05) is 17.7 Å². The molecule has 1 aromatic heterocycles. The number of aromatic nitrogens is 1. The van der Waals surface area contributed by atoms with Crippen molar-refractivity contribution in [3.8, 4) is 0 Å². The number of benzene rings is 1. The van der Waals surface area contributed by atoms with Crippen LogP contribution in [-0.4, -0.2) is 28.1 Å². The average Bonchev–Trinajstić information content (AvgIpc) is 2.97. The van der Waals surface area contributed by atoms with Crippen molar-refractivity contribution < 1.29 is 4.79 Å². The molecule has 1 fully saturated rings. The molecule has 2 heterocycles. The molecule has 0 saturated carbocycles. The molecule has 1 aliphatic rings. The van der Waals surface area contributed by atoms with E-state index in [9.17, 15) is 4.79 Å². The fourth-order valence-corrected chi connectivity index (χ4v) is 3.72. The Labute approximate surface area is 127 Å². The first-order valence-electron chi connectivity index (χ1n) is 6.34. The zero-order valence-electron chi connectivity index (χ0n) is 10.7. The number of hydrogen-bond donors (Lipinski definition) is 0. The second kappa shape index (κ2) is 5.85. The van der Waals surface area contributed by atoms with E-state index in [0.717, 1.165) is 17.9 Å². The van der Waals surface area contributed by atoms with Gasteiger partial charge in [0.25, 0.3) is 5.91 Å². The first kappa shape index (κ1) is 13.5. The number of carbonyl (C=O) groups is 1. The highest BCUT2D eigenvalue weighted by atomic mass is 35.5. The summed E-state index contributed by atoms with van der Waals surface area (Å²) in [4.78, 5) is 18.5. The lowest BCUT2D eigenvalue weighted by molar-refractivity contribution is 0.0760. The van der Waals surface area contributed by atoms with Crippen LogP contribution in [0.1, 0.15) is 21.3 Å². The van der Waals surface area contributed by atoms with Gasteiger partial charge >= 0.3 is 0 Å². The minimum atomic E-state index is 0.0271. The zero-order valence-corrected chi connectivity index (χ0v) is 12.3. The Kier molecular flexibility index (Phi) is 3.94. The summed E-state index contributed by atoms with van der Waals surface area (Å²) in [6.45, 7) is 0.753. The van der Waals surface area contributed by atoms with Crippen LogP contribution < -0.4 is 0 Å². The minimum absolute atomic E-state index is 0.0271. The Balaban J connectivity index is 1.87. The van der Waals surface area contributed by atoms with Crippen molar-refractivity contribution in [2.24, 2.45) is 0 Å². The SMILES string of the molecule is O=C(c1cccc(Cl)c1)N1CCS[C@@H]1c1ccncc1. The van der Waals surface area contributed by atoms with E-state index in [-0.39, 0.29) is 11.3 Å². The molecular weight excluding hydrogens is 292 g/mol. The number of nitrogens with zero attached hydrogens (tertiary/aromatic N) is 2. The second-order valence-electron chi connectivity index (χ2n) is 4.51. The Bertz CT molecular complexity index is 620. The number of pyridine rings is 1. The lowest BCUT2D eigenvalue weighted by atomic mass is 10.1. The summed E-state index contributed by atoms with van der Waals surface area (Å²) in [5.41, 5.74) is 1.75. The van der Waals surface area contributed by atoms with Crippen LogP contribution in [0.15, 0.2) is 48.8 Å². The molecule has 1 aromatic carbocycles. The molecule has 20 heavy (non-hydrogen) atoms. The molecule has 2 aromatic rings. The molecule has 3 nitrogen and oxygen atoms in total. The van der Waals surface area contributed by atoms with E-state index in [1.165, 1.54) is 0 Å². The standard InChI is InChI=1S/C15H13ClN2OS/c16-13-3-1-2-12(10-13)14(19)18-8-9-20-15(18)11-4-6-17-7-5-11/h1-7,10,15H,8-9H2/t15-/m1/s1. The fraction of sp³-hybridized carbons (Fsp3) is 0.200. The molecule has 5 heteroatoms. The van der Waals surface area contributed by atoms with Crippen LogP contribution in [0.3, 0.4) is 0 Å².